The van der Waals surface area contributed by atoms with E-state index in [9.17, 15) is 19.5 Å². The standard InChI is InChI=1S/C10H13N5O4S/c16-4-6(8(18)15-10-11-1-2-20-10)13-7(17)5-3-12-9(19)14-5/h1-2,5-6,16H,3-4H2,(H,13,17)(H,11,15,18)(H2,12,14,19)/t5?,6-/m0/s1. The van der Waals surface area contributed by atoms with Gasteiger partial charge in [-0.05, 0) is 0 Å². The first-order valence-electron chi connectivity index (χ1n) is 5.76. The zero-order valence-corrected chi connectivity index (χ0v) is 11.1. The zero-order valence-electron chi connectivity index (χ0n) is 10.3. The molecule has 20 heavy (non-hydrogen) atoms. The number of anilines is 1. The largest absolute Gasteiger partial charge is 0.394 e. The summed E-state index contributed by atoms with van der Waals surface area (Å²) in [5.74, 6) is -1.12. The minimum Gasteiger partial charge on any atom is -0.394 e. The smallest absolute Gasteiger partial charge is 0.315 e. The summed E-state index contributed by atoms with van der Waals surface area (Å²) < 4.78 is 0. The Balaban J connectivity index is 1.89. The highest BCUT2D eigenvalue weighted by Gasteiger charge is 2.30. The van der Waals surface area contributed by atoms with E-state index in [2.05, 4.69) is 26.3 Å². The Morgan fingerprint density at radius 2 is 2.40 bits per heavy atom. The summed E-state index contributed by atoms with van der Waals surface area (Å²) in [7, 11) is 0. The number of urea groups is 1. The minimum absolute atomic E-state index is 0.136. The molecule has 2 rings (SSSR count). The van der Waals surface area contributed by atoms with Gasteiger partial charge in [0.2, 0.25) is 5.91 Å². The molecule has 1 aromatic heterocycles. The summed E-state index contributed by atoms with van der Waals surface area (Å²) in [6.07, 6.45) is 1.52. The van der Waals surface area contributed by atoms with E-state index >= 15 is 0 Å². The number of rotatable bonds is 5. The summed E-state index contributed by atoms with van der Waals surface area (Å²) in [5, 5.41) is 20.9. The van der Waals surface area contributed by atoms with Crippen LogP contribution in [-0.2, 0) is 9.59 Å². The molecule has 4 amide bonds. The molecule has 10 heteroatoms. The van der Waals surface area contributed by atoms with Gasteiger partial charge in [0, 0.05) is 18.1 Å². The number of thiazole rings is 1. The van der Waals surface area contributed by atoms with E-state index in [0.717, 1.165) is 0 Å². The second-order valence-electron chi connectivity index (χ2n) is 3.98. The maximum atomic E-state index is 11.8. The molecule has 0 spiro atoms. The van der Waals surface area contributed by atoms with Crippen LogP contribution in [0, 0.1) is 0 Å². The lowest BCUT2D eigenvalue weighted by Gasteiger charge is -2.17. The Labute approximate surface area is 117 Å². The maximum Gasteiger partial charge on any atom is 0.315 e. The van der Waals surface area contributed by atoms with Crippen LogP contribution < -0.4 is 21.3 Å². The molecule has 0 aromatic carbocycles. The molecule has 1 fully saturated rings. The van der Waals surface area contributed by atoms with Crippen LogP contribution in [0.25, 0.3) is 0 Å². The van der Waals surface area contributed by atoms with E-state index in [1.54, 1.807) is 5.38 Å². The molecule has 1 aliphatic heterocycles. The normalized spacial score (nSPS) is 18.9. The third-order valence-electron chi connectivity index (χ3n) is 2.57. The van der Waals surface area contributed by atoms with E-state index in [1.165, 1.54) is 17.5 Å². The third-order valence-corrected chi connectivity index (χ3v) is 3.26. The lowest BCUT2D eigenvalue weighted by Crippen LogP contribution is -2.52. The zero-order chi connectivity index (χ0) is 14.5. The summed E-state index contributed by atoms with van der Waals surface area (Å²) in [6.45, 7) is -0.423. The van der Waals surface area contributed by atoms with E-state index in [0.29, 0.717) is 5.13 Å². The Morgan fingerprint density at radius 1 is 1.60 bits per heavy atom. The summed E-state index contributed by atoms with van der Waals surface area (Å²) >= 11 is 1.22. The average Bonchev–Trinajstić information content (AvgIpc) is 3.07. The van der Waals surface area contributed by atoms with Crippen molar-refractivity contribution in [2.45, 2.75) is 12.1 Å². The number of aliphatic hydroxyl groups is 1. The van der Waals surface area contributed by atoms with Crippen LogP contribution in [0.15, 0.2) is 11.6 Å². The molecule has 0 radical (unpaired) electrons. The molecule has 1 saturated heterocycles. The first-order chi connectivity index (χ1) is 9.60. The van der Waals surface area contributed by atoms with Crippen molar-refractivity contribution in [2.75, 3.05) is 18.5 Å². The average molecular weight is 299 g/mol. The van der Waals surface area contributed by atoms with Crippen LogP contribution in [0.5, 0.6) is 0 Å². The topological polar surface area (TPSA) is 132 Å². The van der Waals surface area contributed by atoms with Gasteiger partial charge in [-0.2, -0.15) is 0 Å². The highest BCUT2D eigenvalue weighted by molar-refractivity contribution is 7.13. The number of carbonyl (C=O) groups excluding carboxylic acids is 3. The number of amides is 4. The van der Waals surface area contributed by atoms with Crippen molar-refractivity contribution in [3.63, 3.8) is 0 Å². The Hall–Kier alpha value is -2.20. The first kappa shape index (κ1) is 14.2. The molecular formula is C10H13N5O4S. The van der Waals surface area contributed by atoms with Crippen molar-refractivity contribution in [3.05, 3.63) is 11.6 Å². The van der Waals surface area contributed by atoms with Crippen LogP contribution >= 0.6 is 11.3 Å². The van der Waals surface area contributed by atoms with Gasteiger partial charge in [0.25, 0.3) is 5.91 Å². The van der Waals surface area contributed by atoms with Crippen molar-refractivity contribution >= 4 is 34.3 Å². The SMILES string of the molecule is O=C1NCC(C(=O)N[C@@H](CO)C(=O)Nc2nccs2)N1. The molecule has 1 aromatic rings. The molecule has 0 aliphatic carbocycles. The minimum atomic E-state index is -1.11. The van der Waals surface area contributed by atoms with Crippen molar-refractivity contribution in [1.82, 2.24) is 20.9 Å². The molecule has 1 unspecified atom stereocenters. The van der Waals surface area contributed by atoms with Crippen LogP contribution in [0.3, 0.4) is 0 Å². The lowest BCUT2D eigenvalue weighted by atomic mass is 10.2. The number of aliphatic hydroxyl groups excluding tert-OH is 1. The quantitative estimate of drug-likeness (QED) is 0.439. The van der Waals surface area contributed by atoms with E-state index in [1.807, 2.05) is 0 Å². The molecule has 2 heterocycles. The highest BCUT2D eigenvalue weighted by atomic mass is 32.1. The Bertz CT molecular complexity index is 506. The van der Waals surface area contributed by atoms with Gasteiger partial charge >= 0.3 is 6.03 Å². The lowest BCUT2D eigenvalue weighted by molar-refractivity contribution is -0.128. The predicted molar refractivity (Wildman–Crippen MR) is 70.1 cm³/mol. The number of hydrogen-bond donors (Lipinski definition) is 5. The number of carbonyl (C=O) groups is 3. The van der Waals surface area contributed by atoms with Gasteiger partial charge < -0.3 is 26.4 Å². The van der Waals surface area contributed by atoms with Gasteiger partial charge in [-0.15, -0.1) is 11.3 Å². The summed E-state index contributed by atoms with van der Waals surface area (Å²) in [6, 6.07) is -2.31. The molecule has 0 bridgehead atoms. The second-order valence-corrected chi connectivity index (χ2v) is 4.87. The Kier molecular flexibility index (Phi) is 4.48. The van der Waals surface area contributed by atoms with Crippen molar-refractivity contribution in [1.29, 1.82) is 0 Å². The summed E-state index contributed by atoms with van der Waals surface area (Å²) in [5.41, 5.74) is 0. The Morgan fingerprint density at radius 3 is 2.95 bits per heavy atom. The molecule has 2 atom stereocenters. The van der Waals surface area contributed by atoms with Gasteiger partial charge in [-0.25, -0.2) is 9.78 Å². The van der Waals surface area contributed by atoms with E-state index in [4.69, 9.17) is 0 Å². The number of aromatic nitrogens is 1. The monoisotopic (exact) mass is 299 g/mol. The van der Waals surface area contributed by atoms with E-state index in [-0.39, 0.29) is 6.54 Å². The van der Waals surface area contributed by atoms with Gasteiger partial charge in [-0.1, -0.05) is 0 Å². The fourth-order valence-corrected chi connectivity index (χ4v) is 2.09. The fraction of sp³-hybridized carbons (Fsp3) is 0.400. The number of nitrogens with one attached hydrogen (secondary N) is 4. The van der Waals surface area contributed by atoms with Crippen molar-refractivity contribution in [3.8, 4) is 0 Å². The molecule has 0 saturated carbocycles. The van der Waals surface area contributed by atoms with Gasteiger partial charge in [-0.3, -0.25) is 9.59 Å². The van der Waals surface area contributed by atoms with Gasteiger partial charge in [0.05, 0.1) is 6.61 Å². The number of nitrogens with zero attached hydrogens (tertiary/aromatic N) is 1. The molecule has 108 valence electrons. The van der Waals surface area contributed by atoms with Crippen molar-refractivity contribution in [2.24, 2.45) is 0 Å². The van der Waals surface area contributed by atoms with Crippen LogP contribution in [0.2, 0.25) is 0 Å². The summed E-state index contributed by atoms with van der Waals surface area (Å²) in [4.78, 5) is 38.4. The molecule has 9 nitrogen and oxygen atoms in total. The van der Waals surface area contributed by atoms with E-state index < -0.39 is 36.5 Å². The fourth-order valence-electron chi connectivity index (χ4n) is 1.56. The highest BCUT2D eigenvalue weighted by Crippen LogP contribution is 2.10. The van der Waals surface area contributed by atoms with Gasteiger partial charge in [0.1, 0.15) is 12.1 Å². The van der Waals surface area contributed by atoms with Crippen LogP contribution in [-0.4, -0.2) is 53.2 Å². The maximum absolute atomic E-state index is 11.8. The molecule has 5 N–H and O–H groups in total. The van der Waals surface area contributed by atoms with Crippen molar-refractivity contribution < 1.29 is 19.5 Å². The molecule has 1 aliphatic rings. The third kappa shape index (κ3) is 3.42. The predicted octanol–water partition coefficient (Wildman–Crippen LogP) is -1.76. The first-order valence-corrected chi connectivity index (χ1v) is 6.64. The van der Waals surface area contributed by atoms with Gasteiger partial charge in [0.15, 0.2) is 5.13 Å². The number of hydrogen-bond acceptors (Lipinski definition) is 6. The van der Waals surface area contributed by atoms with Crippen LogP contribution in [0.1, 0.15) is 0 Å². The second kappa shape index (κ2) is 6.30. The molecular weight excluding hydrogens is 286 g/mol. The van der Waals surface area contributed by atoms with Crippen LogP contribution in [0.4, 0.5) is 9.93 Å².